The Hall–Kier alpha value is -3.60. The average Bonchev–Trinajstić information content (AvgIpc) is 3.07. The van der Waals surface area contributed by atoms with E-state index in [9.17, 15) is 27.6 Å². The maximum Gasteiger partial charge on any atom is 0.417 e. The fraction of sp³-hybridized carbons (Fsp3) is 0.286. The number of aliphatic hydroxyl groups excluding tert-OH is 1. The zero-order valence-electron chi connectivity index (χ0n) is 16.4. The Bertz CT molecular complexity index is 981. The number of carboxylic acid groups (broad SMARTS) is 1. The largest absolute Gasteiger partial charge is 0.480 e. The van der Waals surface area contributed by atoms with Crippen LogP contribution in [0.25, 0.3) is 11.1 Å². The number of rotatable bonds is 7. The van der Waals surface area contributed by atoms with Crippen LogP contribution in [0.5, 0.6) is 0 Å². The van der Waals surface area contributed by atoms with Gasteiger partial charge >= 0.3 is 18.2 Å². The third-order valence-corrected chi connectivity index (χ3v) is 4.99. The van der Waals surface area contributed by atoms with Crippen molar-refractivity contribution >= 4 is 18.0 Å². The van der Waals surface area contributed by atoms with Gasteiger partial charge in [-0.15, -0.1) is 0 Å². The highest BCUT2D eigenvalue weighted by Crippen LogP contribution is 2.44. The molecule has 8 nitrogen and oxygen atoms in total. The summed E-state index contributed by atoms with van der Waals surface area (Å²) in [5.74, 6) is -3.98. The van der Waals surface area contributed by atoms with Gasteiger partial charge < -0.3 is 25.6 Å². The first kappa shape index (κ1) is 23.1. The van der Waals surface area contributed by atoms with Gasteiger partial charge in [-0.25, -0.2) is 9.59 Å². The van der Waals surface area contributed by atoms with Crippen LogP contribution in [0.15, 0.2) is 48.5 Å². The minimum absolute atomic E-state index is 0.277. The molecule has 0 spiro atoms. The Morgan fingerprint density at radius 3 is 1.97 bits per heavy atom. The number of amides is 2. The van der Waals surface area contributed by atoms with Gasteiger partial charge in [0.15, 0.2) is 0 Å². The Labute approximate surface area is 180 Å². The standard InChI is InChI=1S/C21H19F3N2O6/c22-21(23,24)17(18(28)25-16(9-27)19(29)30)26-20(31)32-10-15-13-7-3-1-5-11(13)12-6-2-4-8-14(12)15/h1-8,15-17,27H,9-10H2,(H,25,28)(H,26,31)(H,29,30)/t16-,17?/m1/s1. The van der Waals surface area contributed by atoms with E-state index in [-0.39, 0.29) is 6.61 Å². The minimum atomic E-state index is -5.23. The van der Waals surface area contributed by atoms with E-state index in [1.807, 2.05) is 36.4 Å². The Morgan fingerprint density at radius 1 is 0.969 bits per heavy atom. The van der Waals surface area contributed by atoms with Crippen LogP contribution in [-0.2, 0) is 14.3 Å². The fourth-order valence-corrected chi connectivity index (χ4v) is 3.49. The van der Waals surface area contributed by atoms with Crippen molar-refractivity contribution in [1.82, 2.24) is 10.6 Å². The first-order valence-electron chi connectivity index (χ1n) is 9.45. The second-order valence-corrected chi connectivity index (χ2v) is 7.03. The summed E-state index contributed by atoms with van der Waals surface area (Å²) in [6.45, 7) is -1.41. The van der Waals surface area contributed by atoms with Crippen molar-refractivity contribution in [1.29, 1.82) is 0 Å². The first-order valence-corrected chi connectivity index (χ1v) is 9.45. The lowest BCUT2D eigenvalue weighted by molar-refractivity contribution is -0.169. The number of nitrogens with one attached hydrogen (secondary N) is 2. The smallest absolute Gasteiger partial charge is 0.417 e. The fourth-order valence-electron chi connectivity index (χ4n) is 3.49. The van der Waals surface area contributed by atoms with Crippen LogP contribution in [0.4, 0.5) is 18.0 Å². The lowest BCUT2D eigenvalue weighted by Crippen LogP contribution is -2.58. The highest BCUT2D eigenvalue weighted by Gasteiger charge is 2.47. The van der Waals surface area contributed by atoms with Crippen molar-refractivity contribution < 1.29 is 42.5 Å². The summed E-state index contributed by atoms with van der Waals surface area (Å²) in [6.07, 6.45) is -6.73. The van der Waals surface area contributed by atoms with E-state index in [1.54, 1.807) is 12.1 Å². The molecule has 170 valence electrons. The topological polar surface area (TPSA) is 125 Å². The van der Waals surface area contributed by atoms with Gasteiger partial charge in [-0.1, -0.05) is 48.5 Å². The molecule has 2 atom stereocenters. The summed E-state index contributed by atoms with van der Waals surface area (Å²) < 4.78 is 44.8. The zero-order valence-corrected chi connectivity index (χ0v) is 16.4. The number of hydrogen-bond acceptors (Lipinski definition) is 5. The molecular formula is C21H19F3N2O6. The Balaban J connectivity index is 1.70. The second-order valence-electron chi connectivity index (χ2n) is 7.03. The van der Waals surface area contributed by atoms with Gasteiger partial charge in [0, 0.05) is 5.92 Å². The van der Waals surface area contributed by atoms with Crippen molar-refractivity contribution in [2.75, 3.05) is 13.2 Å². The zero-order chi connectivity index (χ0) is 23.5. The third kappa shape index (κ3) is 4.83. The van der Waals surface area contributed by atoms with Gasteiger partial charge in [0.25, 0.3) is 5.91 Å². The molecule has 2 aromatic rings. The molecule has 0 aromatic heterocycles. The molecule has 0 heterocycles. The van der Waals surface area contributed by atoms with E-state index in [2.05, 4.69) is 0 Å². The Kier molecular flexibility index (Phi) is 6.68. The molecule has 0 fully saturated rings. The van der Waals surface area contributed by atoms with E-state index < -0.39 is 48.8 Å². The highest BCUT2D eigenvalue weighted by atomic mass is 19.4. The van der Waals surface area contributed by atoms with Crippen LogP contribution in [0.2, 0.25) is 0 Å². The number of alkyl carbamates (subject to hydrolysis) is 1. The van der Waals surface area contributed by atoms with Crippen molar-refractivity contribution in [3.05, 3.63) is 59.7 Å². The number of ether oxygens (including phenoxy) is 1. The van der Waals surface area contributed by atoms with E-state index >= 15 is 0 Å². The highest BCUT2D eigenvalue weighted by molar-refractivity contribution is 5.90. The van der Waals surface area contributed by atoms with Gasteiger partial charge in [0.2, 0.25) is 6.04 Å². The van der Waals surface area contributed by atoms with Gasteiger partial charge in [0.05, 0.1) is 6.61 Å². The number of hydrogen-bond donors (Lipinski definition) is 4. The van der Waals surface area contributed by atoms with Gasteiger partial charge in [-0.2, -0.15) is 13.2 Å². The van der Waals surface area contributed by atoms with Gasteiger partial charge in [-0.05, 0) is 22.3 Å². The van der Waals surface area contributed by atoms with Crippen molar-refractivity contribution in [2.24, 2.45) is 0 Å². The number of fused-ring (bicyclic) bond motifs is 3. The summed E-state index contributed by atoms with van der Waals surface area (Å²) in [6, 6.07) is 9.68. The number of aliphatic hydroxyl groups is 1. The molecule has 0 saturated carbocycles. The normalized spacial score (nSPS) is 14.6. The predicted molar refractivity (Wildman–Crippen MR) is 105 cm³/mol. The van der Waals surface area contributed by atoms with Gasteiger partial charge in [-0.3, -0.25) is 4.79 Å². The predicted octanol–water partition coefficient (Wildman–Crippen LogP) is 2.02. The first-order chi connectivity index (χ1) is 15.1. The van der Waals surface area contributed by atoms with Crippen LogP contribution in [0.1, 0.15) is 17.0 Å². The number of alkyl halides is 3. The lowest BCUT2D eigenvalue weighted by Gasteiger charge is -2.23. The van der Waals surface area contributed by atoms with Crippen molar-refractivity contribution in [2.45, 2.75) is 24.2 Å². The molecule has 0 aliphatic heterocycles. The van der Waals surface area contributed by atoms with E-state index in [4.69, 9.17) is 14.9 Å². The molecule has 2 amide bonds. The van der Waals surface area contributed by atoms with E-state index in [0.717, 1.165) is 22.3 Å². The molecule has 2 aromatic carbocycles. The molecule has 4 N–H and O–H groups in total. The summed E-state index contributed by atoms with van der Waals surface area (Å²) in [5.41, 5.74) is 3.54. The summed E-state index contributed by atoms with van der Waals surface area (Å²) in [5, 5.41) is 20.6. The molecule has 0 saturated heterocycles. The average molecular weight is 452 g/mol. The van der Waals surface area contributed by atoms with Crippen LogP contribution in [0, 0.1) is 0 Å². The molecule has 1 aliphatic rings. The number of carbonyl (C=O) groups is 3. The number of carbonyl (C=O) groups excluding carboxylic acids is 2. The molecule has 0 bridgehead atoms. The van der Waals surface area contributed by atoms with Crippen molar-refractivity contribution in [3.63, 3.8) is 0 Å². The molecule has 1 aliphatic carbocycles. The summed E-state index contributed by atoms with van der Waals surface area (Å²) in [7, 11) is 0. The Morgan fingerprint density at radius 2 is 1.50 bits per heavy atom. The summed E-state index contributed by atoms with van der Waals surface area (Å²) >= 11 is 0. The molecule has 3 rings (SSSR count). The maximum absolute atomic E-state index is 13.3. The SMILES string of the molecule is O=C(NC(C(=O)N[C@H](CO)C(=O)O)C(F)(F)F)OCC1c2ccccc2-c2ccccc21. The molecular weight excluding hydrogens is 433 g/mol. The maximum atomic E-state index is 13.3. The third-order valence-electron chi connectivity index (χ3n) is 4.99. The lowest BCUT2D eigenvalue weighted by atomic mass is 9.98. The molecule has 32 heavy (non-hydrogen) atoms. The number of carboxylic acids is 1. The number of aliphatic carboxylic acids is 1. The van der Waals surface area contributed by atoms with Crippen LogP contribution < -0.4 is 10.6 Å². The number of halogens is 3. The minimum Gasteiger partial charge on any atom is -0.480 e. The molecule has 11 heteroatoms. The van der Waals surface area contributed by atoms with Crippen molar-refractivity contribution in [3.8, 4) is 11.1 Å². The van der Waals surface area contributed by atoms with Crippen LogP contribution in [-0.4, -0.2) is 59.7 Å². The quantitative estimate of drug-likeness (QED) is 0.510. The van der Waals surface area contributed by atoms with Crippen LogP contribution in [0.3, 0.4) is 0 Å². The second kappa shape index (κ2) is 9.27. The molecule has 1 unspecified atom stereocenters. The van der Waals surface area contributed by atoms with E-state index in [1.165, 1.54) is 10.6 Å². The van der Waals surface area contributed by atoms with Crippen LogP contribution >= 0.6 is 0 Å². The van der Waals surface area contributed by atoms with E-state index in [0.29, 0.717) is 0 Å². The monoisotopic (exact) mass is 452 g/mol. The summed E-state index contributed by atoms with van der Waals surface area (Å²) in [4.78, 5) is 34.8. The molecule has 0 radical (unpaired) electrons. The number of benzene rings is 2. The van der Waals surface area contributed by atoms with Gasteiger partial charge in [0.1, 0.15) is 12.6 Å².